The van der Waals surface area contributed by atoms with Crippen molar-refractivity contribution in [2.24, 2.45) is 0 Å². The molecule has 0 aliphatic carbocycles. The van der Waals surface area contributed by atoms with Gasteiger partial charge in [-0.3, -0.25) is 0 Å². The highest BCUT2D eigenvalue weighted by molar-refractivity contribution is 7.11. The summed E-state index contributed by atoms with van der Waals surface area (Å²) in [7, 11) is 1.67. The van der Waals surface area contributed by atoms with Crippen LogP contribution in [0, 0.1) is 0 Å². The van der Waals surface area contributed by atoms with Gasteiger partial charge in [0, 0.05) is 13.3 Å². The van der Waals surface area contributed by atoms with Crippen molar-refractivity contribution in [1.82, 2.24) is 4.98 Å². The summed E-state index contributed by atoms with van der Waals surface area (Å²) >= 11 is 1.50. The fourth-order valence-electron chi connectivity index (χ4n) is 0.987. The zero-order chi connectivity index (χ0) is 8.97. The second kappa shape index (κ2) is 4.54. The minimum atomic E-state index is 0.0673. The fourth-order valence-corrected chi connectivity index (χ4v) is 1.93. The van der Waals surface area contributed by atoms with Gasteiger partial charge in [-0.25, -0.2) is 4.98 Å². The van der Waals surface area contributed by atoms with Crippen LogP contribution in [0.3, 0.4) is 0 Å². The molecule has 1 heterocycles. The number of thiazole rings is 1. The molecule has 0 radical (unpaired) electrons. The Kier molecular flexibility index (Phi) is 3.65. The lowest BCUT2D eigenvalue weighted by Gasteiger charge is -2.07. The Morgan fingerprint density at radius 1 is 1.75 bits per heavy atom. The van der Waals surface area contributed by atoms with Crippen LogP contribution in [0.5, 0.6) is 0 Å². The Bertz CT molecular complexity index is 233. The largest absolute Gasteiger partial charge is 0.391 e. The summed E-state index contributed by atoms with van der Waals surface area (Å²) in [6.07, 6.45) is 2.69. The van der Waals surface area contributed by atoms with Gasteiger partial charge < -0.3 is 9.84 Å². The molecule has 0 bridgehead atoms. The van der Waals surface area contributed by atoms with E-state index in [1.165, 1.54) is 11.3 Å². The van der Waals surface area contributed by atoms with Gasteiger partial charge in [-0.05, 0) is 6.42 Å². The molecule has 0 aliphatic heterocycles. The van der Waals surface area contributed by atoms with E-state index in [1.807, 2.05) is 6.92 Å². The lowest BCUT2D eigenvalue weighted by Crippen LogP contribution is -1.97. The van der Waals surface area contributed by atoms with Gasteiger partial charge in [-0.2, -0.15) is 0 Å². The fraction of sp³-hybridized carbons (Fsp3) is 0.625. The standard InChI is InChI=1S/C8H13NO2S/c1-3-7(11-2)8-9-4-6(5-10)12-8/h4,7,10H,3,5H2,1-2H3. The van der Waals surface area contributed by atoms with E-state index in [0.29, 0.717) is 0 Å². The highest BCUT2D eigenvalue weighted by Gasteiger charge is 2.11. The Morgan fingerprint density at radius 2 is 2.50 bits per heavy atom. The third kappa shape index (κ3) is 2.03. The highest BCUT2D eigenvalue weighted by Crippen LogP contribution is 2.24. The third-order valence-corrected chi connectivity index (χ3v) is 2.73. The quantitative estimate of drug-likeness (QED) is 0.780. The minimum absolute atomic E-state index is 0.0673. The molecule has 0 saturated carbocycles. The molecule has 4 heteroatoms. The predicted octanol–water partition coefficient (Wildman–Crippen LogP) is 1.73. The number of methoxy groups -OCH3 is 1. The number of aliphatic hydroxyl groups is 1. The summed E-state index contributed by atoms with van der Waals surface area (Å²) in [5.41, 5.74) is 0. The van der Waals surface area contributed by atoms with Gasteiger partial charge in [0.05, 0.1) is 11.5 Å². The van der Waals surface area contributed by atoms with E-state index >= 15 is 0 Å². The van der Waals surface area contributed by atoms with Crippen LogP contribution in [0.2, 0.25) is 0 Å². The molecule has 0 spiro atoms. The van der Waals surface area contributed by atoms with E-state index in [-0.39, 0.29) is 12.7 Å². The maximum absolute atomic E-state index is 8.81. The number of ether oxygens (including phenoxy) is 1. The molecular weight excluding hydrogens is 174 g/mol. The Labute approximate surface area is 76.0 Å². The van der Waals surface area contributed by atoms with Crippen LogP contribution < -0.4 is 0 Å². The average Bonchev–Trinajstić information content (AvgIpc) is 2.55. The first-order valence-electron chi connectivity index (χ1n) is 3.90. The molecule has 1 unspecified atom stereocenters. The van der Waals surface area contributed by atoms with Crippen molar-refractivity contribution in [3.8, 4) is 0 Å². The lowest BCUT2D eigenvalue weighted by atomic mass is 10.3. The van der Waals surface area contributed by atoms with Gasteiger partial charge in [-0.1, -0.05) is 6.92 Å². The van der Waals surface area contributed by atoms with E-state index in [1.54, 1.807) is 13.3 Å². The maximum Gasteiger partial charge on any atom is 0.122 e. The molecule has 0 fully saturated rings. The maximum atomic E-state index is 8.81. The molecule has 1 aromatic rings. The van der Waals surface area contributed by atoms with Crippen molar-refractivity contribution >= 4 is 11.3 Å². The van der Waals surface area contributed by atoms with Gasteiger partial charge in [0.2, 0.25) is 0 Å². The Morgan fingerprint density at radius 3 is 2.92 bits per heavy atom. The van der Waals surface area contributed by atoms with E-state index in [0.717, 1.165) is 16.3 Å². The monoisotopic (exact) mass is 187 g/mol. The molecule has 1 rings (SSSR count). The molecule has 68 valence electrons. The number of aromatic nitrogens is 1. The van der Waals surface area contributed by atoms with Crippen molar-refractivity contribution < 1.29 is 9.84 Å². The smallest absolute Gasteiger partial charge is 0.122 e. The van der Waals surface area contributed by atoms with Gasteiger partial charge >= 0.3 is 0 Å². The molecule has 0 aliphatic rings. The third-order valence-electron chi connectivity index (χ3n) is 1.66. The lowest BCUT2D eigenvalue weighted by molar-refractivity contribution is 0.0998. The van der Waals surface area contributed by atoms with Crippen molar-refractivity contribution in [2.75, 3.05) is 7.11 Å². The van der Waals surface area contributed by atoms with Gasteiger partial charge in [0.25, 0.3) is 0 Å². The number of hydrogen-bond acceptors (Lipinski definition) is 4. The number of hydrogen-bond donors (Lipinski definition) is 1. The second-order valence-electron chi connectivity index (χ2n) is 2.46. The van der Waals surface area contributed by atoms with Crippen LogP contribution in [0.25, 0.3) is 0 Å². The van der Waals surface area contributed by atoms with Crippen molar-refractivity contribution in [1.29, 1.82) is 0 Å². The zero-order valence-electron chi connectivity index (χ0n) is 7.28. The molecule has 0 saturated heterocycles. The molecule has 1 atom stereocenters. The SMILES string of the molecule is CCC(OC)c1ncc(CO)s1. The zero-order valence-corrected chi connectivity index (χ0v) is 8.10. The number of aliphatic hydroxyl groups excluding tert-OH is 1. The first kappa shape index (κ1) is 9.64. The molecule has 1 aromatic heterocycles. The van der Waals surface area contributed by atoms with E-state index < -0.39 is 0 Å². The van der Waals surface area contributed by atoms with Crippen LogP contribution in [-0.4, -0.2) is 17.2 Å². The minimum Gasteiger partial charge on any atom is -0.391 e. The summed E-state index contributed by atoms with van der Waals surface area (Å²) in [5.74, 6) is 0. The van der Waals surface area contributed by atoms with Crippen LogP contribution in [0.1, 0.15) is 29.3 Å². The van der Waals surface area contributed by atoms with Crippen molar-refractivity contribution in [3.05, 3.63) is 16.1 Å². The summed E-state index contributed by atoms with van der Waals surface area (Å²) in [5, 5.41) is 9.76. The van der Waals surface area contributed by atoms with Crippen LogP contribution >= 0.6 is 11.3 Å². The van der Waals surface area contributed by atoms with Crippen LogP contribution in [0.15, 0.2) is 6.20 Å². The number of nitrogens with zero attached hydrogens (tertiary/aromatic N) is 1. The summed E-state index contributed by atoms with van der Waals surface area (Å²) in [6, 6.07) is 0. The molecule has 12 heavy (non-hydrogen) atoms. The molecular formula is C8H13NO2S. The van der Waals surface area contributed by atoms with E-state index in [9.17, 15) is 0 Å². The first-order chi connectivity index (χ1) is 5.81. The van der Waals surface area contributed by atoms with Crippen LogP contribution in [0.4, 0.5) is 0 Å². The predicted molar refractivity (Wildman–Crippen MR) is 48.1 cm³/mol. The Balaban J connectivity index is 2.72. The van der Waals surface area contributed by atoms with Gasteiger partial charge in [0.1, 0.15) is 11.1 Å². The average molecular weight is 187 g/mol. The summed E-state index contributed by atoms with van der Waals surface area (Å²) in [4.78, 5) is 5.05. The van der Waals surface area contributed by atoms with Crippen LogP contribution in [-0.2, 0) is 11.3 Å². The van der Waals surface area contributed by atoms with Gasteiger partial charge in [-0.15, -0.1) is 11.3 Å². The number of rotatable bonds is 4. The Hall–Kier alpha value is -0.450. The van der Waals surface area contributed by atoms with E-state index in [4.69, 9.17) is 9.84 Å². The molecule has 3 nitrogen and oxygen atoms in total. The van der Waals surface area contributed by atoms with E-state index in [2.05, 4.69) is 4.98 Å². The molecule has 0 aromatic carbocycles. The summed E-state index contributed by atoms with van der Waals surface area (Å²) in [6.45, 7) is 2.12. The van der Waals surface area contributed by atoms with Crippen molar-refractivity contribution in [3.63, 3.8) is 0 Å². The van der Waals surface area contributed by atoms with Gasteiger partial charge in [0.15, 0.2) is 0 Å². The topological polar surface area (TPSA) is 42.4 Å². The normalized spacial score (nSPS) is 13.2. The first-order valence-corrected chi connectivity index (χ1v) is 4.71. The highest BCUT2D eigenvalue weighted by atomic mass is 32.1. The molecule has 0 amide bonds. The molecule has 1 N–H and O–H groups in total. The second-order valence-corrected chi connectivity index (χ2v) is 3.60. The van der Waals surface area contributed by atoms with Crippen molar-refractivity contribution in [2.45, 2.75) is 26.1 Å². The summed E-state index contributed by atoms with van der Waals surface area (Å²) < 4.78 is 5.21.